The molecule has 1 aromatic rings. The Labute approximate surface area is 107 Å². The average molecular weight is 249 g/mol. The minimum Gasteiger partial charge on any atom is -0.478 e. The van der Waals surface area contributed by atoms with Gasteiger partial charge in [-0.2, -0.15) is 0 Å². The maximum atomic E-state index is 11.0. The highest BCUT2D eigenvalue weighted by Crippen LogP contribution is 2.28. The summed E-state index contributed by atoms with van der Waals surface area (Å²) in [6, 6.07) is 5.37. The third-order valence-corrected chi connectivity index (χ3v) is 3.18. The van der Waals surface area contributed by atoms with Crippen molar-refractivity contribution >= 4 is 11.7 Å². The van der Waals surface area contributed by atoms with Crippen LogP contribution in [0.2, 0.25) is 0 Å². The summed E-state index contributed by atoms with van der Waals surface area (Å²) in [6.45, 7) is 5.36. The number of nitrogens with zero attached hydrogens (tertiary/aromatic N) is 1. The number of fused-ring (bicyclic) bond motifs is 1. The van der Waals surface area contributed by atoms with Crippen LogP contribution in [0.4, 0.5) is 5.69 Å². The summed E-state index contributed by atoms with van der Waals surface area (Å²) in [4.78, 5) is 13.2. The first-order chi connectivity index (χ1) is 8.72. The van der Waals surface area contributed by atoms with Crippen molar-refractivity contribution in [1.29, 1.82) is 0 Å². The van der Waals surface area contributed by atoms with Crippen molar-refractivity contribution in [3.05, 3.63) is 29.3 Å². The third kappa shape index (κ3) is 2.82. The summed E-state index contributed by atoms with van der Waals surface area (Å²) in [5.41, 5.74) is 2.64. The summed E-state index contributed by atoms with van der Waals surface area (Å²) in [6.07, 6.45) is 2.02. The summed E-state index contributed by atoms with van der Waals surface area (Å²) >= 11 is 0. The van der Waals surface area contributed by atoms with Crippen molar-refractivity contribution in [2.24, 2.45) is 0 Å². The summed E-state index contributed by atoms with van der Waals surface area (Å²) < 4.78 is 5.48. The number of carbonyl (C=O) groups is 1. The molecule has 1 heterocycles. The number of carboxylic acid groups (broad SMARTS) is 1. The number of carboxylic acids is 1. The van der Waals surface area contributed by atoms with E-state index < -0.39 is 5.97 Å². The molecular weight excluding hydrogens is 230 g/mol. The second kappa shape index (κ2) is 5.87. The van der Waals surface area contributed by atoms with Crippen LogP contribution in [0.15, 0.2) is 18.2 Å². The fraction of sp³-hybridized carbons (Fsp3) is 0.500. The SMILES string of the molecule is CCCOCCN1CCc2ccc(C(=O)O)cc21. The van der Waals surface area contributed by atoms with Crippen LogP contribution in [0.5, 0.6) is 0 Å². The van der Waals surface area contributed by atoms with Crippen LogP contribution >= 0.6 is 0 Å². The highest BCUT2D eigenvalue weighted by Gasteiger charge is 2.20. The molecule has 0 saturated carbocycles. The third-order valence-electron chi connectivity index (χ3n) is 3.18. The van der Waals surface area contributed by atoms with Crippen LogP contribution < -0.4 is 4.90 Å². The Morgan fingerprint density at radius 1 is 1.44 bits per heavy atom. The molecule has 98 valence electrons. The molecule has 0 saturated heterocycles. The van der Waals surface area contributed by atoms with Crippen molar-refractivity contribution in [3.8, 4) is 0 Å². The monoisotopic (exact) mass is 249 g/mol. The normalized spacial score (nSPS) is 13.7. The van der Waals surface area contributed by atoms with Crippen LogP contribution in [0, 0.1) is 0 Å². The molecule has 18 heavy (non-hydrogen) atoms. The van der Waals surface area contributed by atoms with Gasteiger partial charge >= 0.3 is 5.97 Å². The fourth-order valence-corrected chi connectivity index (χ4v) is 2.23. The molecule has 0 fully saturated rings. The molecule has 0 atom stereocenters. The quantitative estimate of drug-likeness (QED) is 0.785. The molecule has 0 radical (unpaired) electrons. The van der Waals surface area contributed by atoms with Crippen LogP contribution in [-0.2, 0) is 11.2 Å². The minimum atomic E-state index is -0.869. The zero-order valence-corrected chi connectivity index (χ0v) is 10.7. The van der Waals surface area contributed by atoms with Crippen LogP contribution in [0.25, 0.3) is 0 Å². The highest BCUT2D eigenvalue weighted by atomic mass is 16.5. The Morgan fingerprint density at radius 2 is 2.28 bits per heavy atom. The van der Waals surface area contributed by atoms with E-state index in [1.165, 1.54) is 5.56 Å². The van der Waals surface area contributed by atoms with Gasteiger partial charge in [0, 0.05) is 25.4 Å². The van der Waals surface area contributed by atoms with E-state index in [4.69, 9.17) is 9.84 Å². The van der Waals surface area contributed by atoms with Crippen molar-refractivity contribution in [3.63, 3.8) is 0 Å². The Bertz CT molecular complexity index is 431. The molecule has 4 nitrogen and oxygen atoms in total. The van der Waals surface area contributed by atoms with Gasteiger partial charge in [-0.15, -0.1) is 0 Å². The summed E-state index contributed by atoms with van der Waals surface area (Å²) in [7, 11) is 0. The molecule has 4 heteroatoms. The lowest BCUT2D eigenvalue weighted by Gasteiger charge is -2.19. The van der Waals surface area contributed by atoms with Gasteiger partial charge in [0.2, 0.25) is 0 Å². The minimum absolute atomic E-state index is 0.357. The standard InChI is InChI=1S/C14H19NO3/c1-2-8-18-9-7-15-6-5-11-3-4-12(14(16)17)10-13(11)15/h3-4,10H,2,5-9H2,1H3,(H,16,17). The van der Waals surface area contributed by atoms with Crippen molar-refractivity contribution in [2.75, 3.05) is 31.2 Å². The van der Waals surface area contributed by atoms with Crippen molar-refractivity contribution in [1.82, 2.24) is 0 Å². The Hall–Kier alpha value is -1.55. The number of aromatic carboxylic acids is 1. The van der Waals surface area contributed by atoms with E-state index in [9.17, 15) is 4.79 Å². The molecule has 0 aromatic heterocycles. The molecule has 1 N–H and O–H groups in total. The second-order valence-electron chi connectivity index (χ2n) is 4.50. The van der Waals surface area contributed by atoms with Crippen molar-refractivity contribution in [2.45, 2.75) is 19.8 Å². The molecule has 0 aliphatic carbocycles. The van der Waals surface area contributed by atoms with Crippen molar-refractivity contribution < 1.29 is 14.6 Å². The lowest BCUT2D eigenvalue weighted by Crippen LogP contribution is -2.25. The van der Waals surface area contributed by atoms with Gasteiger partial charge in [0.25, 0.3) is 0 Å². The van der Waals surface area contributed by atoms with E-state index in [0.29, 0.717) is 12.2 Å². The van der Waals surface area contributed by atoms with E-state index in [2.05, 4.69) is 11.8 Å². The average Bonchev–Trinajstić information content (AvgIpc) is 2.77. The maximum Gasteiger partial charge on any atom is 0.335 e. The number of rotatable bonds is 6. The first kappa shape index (κ1) is 12.9. The predicted molar refractivity (Wildman–Crippen MR) is 70.4 cm³/mol. The Kier molecular flexibility index (Phi) is 4.20. The molecular formula is C14H19NO3. The van der Waals surface area contributed by atoms with E-state index in [-0.39, 0.29) is 0 Å². The van der Waals surface area contributed by atoms with Crippen LogP contribution in [0.3, 0.4) is 0 Å². The number of benzene rings is 1. The van der Waals surface area contributed by atoms with E-state index >= 15 is 0 Å². The molecule has 2 rings (SSSR count). The maximum absolute atomic E-state index is 11.0. The first-order valence-corrected chi connectivity index (χ1v) is 6.41. The van der Waals surface area contributed by atoms with Gasteiger partial charge in [0.15, 0.2) is 0 Å². The predicted octanol–water partition coefficient (Wildman–Crippen LogP) is 2.17. The van der Waals surface area contributed by atoms with Gasteiger partial charge in [0.05, 0.1) is 12.2 Å². The number of anilines is 1. The van der Waals surface area contributed by atoms with Gasteiger partial charge in [-0.1, -0.05) is 13.0 Å². The van der Waals surface area contributed by atoms with E-state index in [1.807, 2.05) is 6.07 Å². The van der Waals surface area contributed by atoms with E-state index in [1.54, 1.807) is 12.1 Å². The molecule has 1 aromatic carbocycles. The molecule has 1 aliphatic rings. The van der Waals surface area contributed by atoms with Gasteiger partial charge in [0.1, 0.15) is 0 Å². The highest BCUT2D eigenvalue weighted by molar-refractivity contribution is 5.89. The second-order valence-corrected chi connectivity index (χ2v) is 4.50. The van der Waals surface area contributed by atoms with Gasteiger partial charge in [-0.3, -0.25) is 0 Å². The topological polar surface area (TPSA) is 49.8 Å². The smallest absolute Gasteiger partial charge is 0.335 e. The lowest BCUT2D eigenvalue weighted by atomic mass is 10.1. The number of hydrogen-bond acceptors (Lipinski definition) is 3. The van der Waals surface area contributed by atoms with Crippen LogP contribution in [0.1, 0.15) is 29.3 Å². The molecule has 1 aliphatic heterocycles. The van der Waals surface area contributed by atoms with Gasteiger partial charge in [-0.05, 0) is 30.5 Å². The molecule has 0 bridgehead atoms. The number of hydrogen-bond donors (Lipinski definition) is 1. The van der Waals surface area contributed by atoms with Gasteiger partial charge in [-0.25, -0.2) is 4.79 Å². The van der Waals surface area contributed by atoms with E-state index in [0.717, 1.165) is 38.2 Å². The zero-order valence-electron chi connectivity index (χ0n) is 10.7. The number of ether oxygens (including phenoxy) is 1. The summed E-state index contributed by atoms with van der Waals surface area (Å²) in [5, 5.41) is 9.01. The zero-order chi connectivity index (χ0) is 13.0. The Morgan fingerprint density at radius 3 is 3.00 bits per heavy atom. The molecule has 0 unspecified atom stereocenters. The molecule has 0 amide bonds. The molecule has 0 spiro atoms. The van der Waals surface area contributed by atoms with Gasteiger partial charge < -0.3 is 14.7 Å². The van der Waals surface area contributed by atoms with Crippen LogP contribution in [-0.4, -0.2) is 37.4 Å². The Balaban J connectivity index is 2.02. The lowest BCUT2D eigenvalue weighted by molar-refractivity contribution is 0.0697. The largest absolute Gasteiger partial charge is 0.478 e. The fourth-order valence-electron chi connectivity index (χ4n) is 2.23. The summed E-state index contributed by atoms with van der Waals surface area (Å²) in [5.74, 6) is -0.869. The first-order valence-electron chi connectivity index (χ1n) is 6.41.